The fraction of sp³-hybridized carbons (Fsp3) is 0.667. The van der Waals surface area contributed by atoms with Gasteiger partial charge in [-0.25, -0.2) is 4.39 Å². The molecule has 0 saturated heterocycles. The normalized spacial score (nSPS) is 12.5. The first-order chi connectivity index (χ1) is 10.3. The van der Waals surface area contributed by atoms with E-state index in [0.717, 1.165) is 26.0 Å². The molecule has 21 heavy (non-hydrogen) atoms. The summed E-state index contributed by atoms with van der Waals surface area (Å²) in [5.74, 6) is -0.155. The lowest BCUT2D eigenvalue weighted by Gasteiger charge is -2.19. The number of hydrogen-bond donors (Lipinski definition) is 1. The predicted octanol–water partition coefficient (Wildman–Crippen LogP) is 4.85. The molecule has 0 spiro atoms. The van der Waals surface area contributed by atoms with E-state index >= 15 is 0 Å². The van der Waals surface area contributed by atoms with Crippen molar-refractivity contribution in [1.29, 1.82) is 0 Å². The van der Waals surface area contributed by atoms with Crippen molar-refractivity contribution in [2.75, 3.05) is 19.8 Å². The highest BCUT2D eigenvalue weighted by Crippen LogP contribution is 2.17. The zero-order chi connectivity index (χ0) is 15.3. The average Bonchev–Trinajstić information content (AvgIpc) is 2.50. The van der Waals surface area contributed by atoms with Crippen LogP contribution >= 0.6 is 0 Å². The molecule has 0 aliphatic rings. The van der Waals surface area contributed by atoms with Gasteiger partial charge in [0.05, 0.1) is 12.6 Å². The van der Waals surface area contributed by atoms with Gasteiger partial charge in [-0.2, -0.15) is 0 Å². The summed E-state index contributed by atoms with van der Waals surface area (Å²) >= 11 is 0. The Bertz CT molecular complexity index is 370. The van der Waals surface area contributed by atoms with Crippen molar-refractivity contribution in [1.82, 2.24) is 5.32 Å². The Morgan fingerprint density at radius 3 is 2.52 bits per heavy atom. The van der Waals surface area contributed by atoms with E-state index in [9.17, 15) is 4.39 Å². The summed E-state index contributed by atoms with van der Waals surface area (Å²) in [6.45, 7) is 6.50. The summed E-state index contributed by atoms with van der Waals surface area (Å²) < 4.78 is 19.6. The molecule has 1 aromatic rings. The molecule has 3 heteroatoms. The minimum atomic E-state index is -0.155. The molecule has 1 unspecified atom stereocenters. The predicted molar refractivity (Wildman–Crippen MR) is 87.0 cm³/mol. The third-order valence-corrected chi connectivity index (χ3v) is 3.60. The zero-order valence-corrected chi connectivity index (χ0v) is 13.5. The lowest BCUT2D eigenvalue weighted by molar-refractivity contribution is 0.107. The van der Waals surface area contributed by atoms with Crippen molar-refractivity contribution in [3.63, 3.8) is 0 Å². The third-order valence-electron chi connectivity index (χ3n) is 3.60. The molecule has 1 aromatic carbocycles. The van der Waals surface area contributed by atoms with Crippen LogP contribution in [0.4, 0.5) is 4.39 Å². The van der Waals surface area contributed by atoms with E-state index in [-0.39, 0.29) is 11.9 Å². The van der Waals surface area contributed by atoms with Gasteiger partial charge in [-0.3, -0.25) is 0 Å². The van der Waals surface area contributed by atoms with E-state index < -0.39 is 0 Å². The van der Waals surface area contributed by atoms with Crippen LogP contribution in [0, 0.1) is 5.82 Å². The van der Waals surface area contributed by atoms with Gasteiger partial charge in [0.1, 0.15) is 5.82 Å². The molecule has 0 radical (unpaired) electrons. The Hall–Kier alpha value is -0.930. The molecule has 0 aliphatic carbocycles. The summed E-state index contributed by atoms with van der Waals surface area (Å²) in [6, 6.07) is 6.91. The van der Waals surface area contributed by atoms with Crippen molar-refractivity contribution in [3.8, 4) is 0 Å². The number of rotatable bonds is 12. The highest BCUT2D eigenvalue weighted by atomic mass is 19.1. The van der Waals surface area contributed by atoms with Crippen molar-refractivity contribution in [3.05, 3.63) is 35.6 Å². The van der Waals surface area contributed by atoms with Crippen LogP contribution in [0.1, 0.15) is 64.0 Å². The number of halogens is 1. The molecule has 0 fully saturated rings. The molecule has 0 bridgehead atoms. The number of nitrogens with one attached hydrogen (secondary N) is 1. The Morgan fingerprint density at radius 2 is 1.81 bits per heavy atom. The molecule has 1 N–H and O–H groups in total. The van der Waals surface area contributed by atoms with Crippen LogP contribution in [0.25, 0.3) is 0 Å². The van der Waals surface area contributed by atoms with Gasteiger partial charge in [0.2, 0.25) is 0 Å². The molecule has 0 amide bonds. The third kappa shape index (κ3) is 7.58. The molecule has 2 nitrogen and oxygen atoms in total. The van der Waals surface area contributed by atoms with Crippen LogP contribution in [-0.2, 0) is 4.74 Å². The number of hydrogen-bond acceptors (Lipinski definition) is 2. The summed E-state index contributed by atoms with van der Waals surface area (Å²) in [5.41, 5.74) is 0.705. The van der Waals surface area contributed by atoms with Gasteiger partial charge in [-0.05, 0) is 25.5 Å². The van der Waals surface area contributed by atoms with Crippen LogP contribution in [0.3, 0.4) is 0 Å². The van der Waals surface area contributed by atoms with E-state index in [1.807, 2.05) is 12.1 Å². The van der Waals surface area contributed by atoms with E-state index in [1.54, 1.807) is 6.07 Å². The van der Waals surface area contributed by atoms with Crippen molar-refractivity contribution < 1.29 is 9.13 Å². The summed E-state index contributed by atoms with van der Waals surface area (Å²) in [4.78, 5) is 0. The van der Waals surface area contributed by atoms with Gasteiger partial charge in [0, 0.05) is 12.2 Å². The summed E-state index contributed by atoms with van der Waals surface area (Å²) in [7, 11) is 0. The topological polar surface area (TPSA) is 21.3 Å². The minimum Gasteiger partial charge on any atom is -0.379 e. The second-order valence-corrected chi connectivity index (χ2v) is 5.52. The van der Waals surface area contributed by atoms with Gasteiger partial charge < -0.3 is 10.1 Å². The zero-order valence-electron chi connectivity index (χ0n) is 13.5. The molecule has 0 aliphatic heterocycles. The number of ether oxygens (including phenoxy) is 1. The SMILES string of the molecule is CCCCCCCOCC(NCCC)c1ccccc1F. The van der Waals surface area contributed by atoms with Crippen molar-refractivity contribution in [2.45, 2.75) is 58.4 Å². The lowest BCUT2D eigenvalue weighted by Crippen LogP contribution is -2.27. The van der Waals surface area contributed by atoms with Crippen LogP contribution in [0.15, 0.2) is 24.3 Å². The van der Waals surface area contributed by atoms with Crippen LogP contribution in [0.2, 0.25) is 0 Å². The highest BCUT2D eigenvalue weighted by Gasteiger charge is 2.14. The Morgan fingerprint density at radius 1 is 1.05 bits per heavy atom. The summed E-state index contributed by atoms with van der Waals surface area (Å²) in [5, 5.41) is 3.37. The van der Waals surface area contributed by atoms with Gasteiger partial charge in [-0.1, -0.05) is 57.7 Å². The number of benzene rings is 1. The van der Waals surface area contributed by atoms with E-state index in [4.69, 9.17) is 4.74 Å². The monoisotopic (exact) mass is 295 g/mol. The molecular formula is C18H30FNO. The van der Waals surface area contributed by atoms with Gasteiger partial charge in [-0.15, -0.1) is 0 Å². The second-order valence-electron chi connectivity index (χ2n) is 5.52. The van der Waals surface area contributed by atoms with E-state index in [1.165, 1.54) is 31.7 Å². The molecule has 1 rings (SSSR count). The van der Waals surface area contributed by atoms with E-state index in [2.05, 4.69) is 19.2 Å². The summed E-state index contributed by atoms with van der Waals surface area (Å²) in [6.07, 6.45) is 7.19. The van der Waals surface area contributed by atoms with Crippen molar-refractivity contribution in [2.24, 2.45) is 0 Å². The number of unbranched alkanes of at least 4 members (excludes halogenated alkanes) is 4. The van der Waals surface area contributed by atoms with Crippen LogP contribution < -0.4 is 5.32 Å². The fourth-order valence-electron chi connectivity index (χ4n) is 2.34. The highest BCUT2D eigenvalue weighted by molar-refractivity contribution is 5.21. The fourth-order valence-corrected chi connectivity index (χ4v) is 2.34. The standard InChI is InChI=1S/C18H30FNO/c1-3-5-6-7-10-14-21-15-18(20-13-4-2)16-11-8-9-12-17(16)19/h8-9,11-12,18,20H,3-7,10,13-15H2,1-2H3. The van der Waals surface area contributed by atoms with Crippen molar-refractivity contribution >= 4 is 0 Å². The Balaban J connectivity index is 2.35. The maximum absolute atomic E-state index is 13.9. The Kier molecular flexibility index (Phi) is 10.1. The molecule has 0 aromatic heterocycles. The maximum Gasteiger partial charge on any atom is 0.128 e. The second kappa shape index (κ2) is 11.7. The van der Waals surface area contributed by atoms with Gasteiger partial charge in [0.15, 0.2) is 0 Å². The molecule has 1 atom stereocenters. The molecule has 120 valence electrons. The quantitative estimate of drug-likeness (QED) is 0.556. The first kappa shape index (κ1) is 18.1. The van der Waals surface area contributed by atoms with Gasteiger partial charge >= 0.3 is 0 Å². The van der Waals surface area contributed by atoms with E-state index in [0.29, 0.717) is 12.2 Å². The first-order valence-corrected chi connectivity index (χ1v) is 8.35. The van der Waals surface area contributed by atoms with Gasteiger partial charge in [0.25, 0.3) is 0 Å². The lowest BCUT2D eigenvalue weighted by atomic mass is 10.1. The molecule has 0 saturated carbocycles. The Labute approximate surface area is 129 Å². The van der Waals surface area contributed by atoms with Crippen LogP contribution in [0.5, 0.6) is 0 Å². The molecular weight excluding hydrogens is 265 g/mol. The molecule has 0 heterocycles. The largest absolute Gasteiger partial charge is 0.379 e. The smallest absolute Gasteiger partial charge is 0.128 e. The average molecular weight is 295 g/mol. The minimum absolute atomic E-state index is 0.0539. The first-order valence-electron chi connectivity index (χ1n) is 8.35. The maximum atomic E-state index is 13.9. The van der Waals surface area contributed by atoms with Crippen LogP contribution in [-0.4, -0.2) is 19.8 Å².